The van der Waals surface area contributed by atoms with Gasteiger partial charge in [0.15, 0.2) is 11.0 Å². The van der Waals surface area contributed by atoms with Crippen LogP contribution < -0.4 is 5.32 Å². The van der Waals surface area contributed by atoms with Crippen LogP contribution in [-0.2, 0) is 24.7 Å². The SMILES string of the molecule is C[C@@H](Sc1nnc(-c2ccc(F)cc2)n1C)C(=O)Nc1ccc2c(c1)CCC2. The number of nitrogens with one attached hydrogen (secondary N) is 1. The first-order valence-electron chi connectivity index (χ1n) is 9.26. The Morgan fingerprint density at radius 1 is 1.14 bits per heavy atom. The molecule has 1 aliphatic carbocycles. The molecular formula is C21H21FN4OS. The smallest absolute Gasteiger partial charge is 0.237 e. The number of aryl methyl sites for hydroxylation is 2. The van der Waals surface area contributed by atoms with Crippen LogP contribution in [0.2, 0.25) is 0 Å². The van der Waals surface area contributed by atoms with E-state index in [1.54, 1.807) is 12.1 Å². The van der Waals surface area contributed by atoms with Crippen molar-refractivity contribution in [2.75, 3.05) is 5.32 Å². The molecule has 0 aliphatic heterocycles. The predicted octanol–water partition coefficient (Wildman–Crippen LogP) is 4.23. The minimum absolute atomic E-state index is 0.0747. The van der Waals surface area contributed by atoms with Crippen LogP contribution in [0.4, 0.5) is 10.1 Å². The van der Waals surface area contributed by atoms with Gasteiger partial charge in [-0.25, -0.2) is 4.39 Å². The highest BCUT2D eigenvalue weighted by Crippen LogP contribution is 2.28. The zero-order valence-corrected chi connectivity index (χ0v) is 16.6. The summed E-state index contributed by atoms with van der Waals surface area (Å²) in [5, 5.41) is 11.7. The van der Waals surface area contributed by atoms with E-state index in [0.29, 0.717) is 11.0 Å². The molecule has 0 saturated carbocycles. The van der Waals surface area contributed by atoms with Gasteiger partial charge in [0, 0.05) is 18.3 Å². The molecule has 7 heteroatoms. The van der Waals surface area contributed by atoms with E-state index in [9.17, 15) is 9.18 Å². The monoisotopic (exact) mass is 396 g/mol. The summed E-state index contributed by atoms with van der Waals surface area (Å²) in [5.41, 5.74) is 4.32. The number of nitrogens with zero attached hydrogens (tertiary/aromatic N) is 3. The molecule has 5 nitrogen and oxygen atoms in total. The highest BCUT2D eigenvalue weighted by atomic mass is 32.2. The Balaban J connectivity index is 1.44. The Labute approximate surface area is 167 Å². The molecule has 1 atom stereocenters. The van der Waals surface area contributed by atoms with Crippen molar-refractivity contribution in [2.24, 2.45) is 7.05 Å². The van der Waals surface area contributed by atoms with E-state index < -0.39 is 0 Å². The van der Waals surface area contributed by atoms with Crippen LogP contribution in [0.5, 0.6) is 0 Å². The number of rotatable bonds is 5. The lowest BCUT2D eigenvalue weighted by atomic mass is 10.1. The standard InChI is InChI=1S/C21H21FN4OS/c1-13(20(27)23-18-11-8-14-4-3-5-16(14)12-18)28-21-25-24-19(26(21)2)15-6-9-17(22)10-7-15/h6-13H,3-5H2,1-2H3,(H,23,27)/t13-/m1/s1. The Kier molecular flexibility index (Phi) is 5.17. The Hall–Kier alpha value is -2.67. The van der Waals surface area contributed by atoms with Gasteiger partial charge in [0.25, 0.3) is 0 Å². The van der Waals surface area contributed by atoms with Crippen LogP contribution in [0.1, 0.15) is 24.5 Å². The maximum atomic E-state index is 13.1. The van der Waals surface area contributed by atoms with Gasteiger partial charge < -0.3 is 9.88 Å². The number of aromatic nitrogens is 3. The van der Waals surface area contributed by atoms with Crippen LogP contribution in [-0.4, -0.2) is 25.9 Å². The van der Waals surface area contributed by atoms with Crippen molar-refractivity contribution in [1.29, 1.82) is 0 Å². The summed E-state index contributed by atoms with van der Waals surface area (Å²) in [6, 6.07) is 12.3. The maximum absolute atomic E-state index is 13.1. The van der Waals surface area contributed by atoms with Crippen LogP contribution in [0, 0.1) is 5.82 Å². The van der Waals surface area contributed by atoms with Crippen LogP contribution in [0.15, 0.2) is 47.6 Å². The fourth-order valence-corrected chi connectivity index (χ4v) is 4.19. The first-order chi connectivity index (χ1) is 13.5. The molecule has 1 heterocycles. The van der Waals surface area contributed by atoms with Gasteiger partial charge in [0.2, 0.25) is 5.91 Å². The second kappa shape index (κ2) is 7.75. The molecule has 2 aromatic carbocycles. The number of halogens is 1. The summed E-state index contributed by atoms with van der Waals surface area (Å²) in [7, 11) is 1.84. The topological polar surface area (TPSA) is 59.8 Å². The fourth-order valence-electron chi connectivity index (χ4n) is 3.37. The highest BCUT2D eigenvalue weighted by molar-refractivity contribution is 8.00. The van der Waals surface area contributed by atoms with Crippen LogP contribution in [0.3, 0.4) is 0 Å². The molecule has 1 aromatic heterocycles. The first kappa shape index (κ1) is 18.7. The predicted molar refractivity (Wildman–Crippen MR) is 109 cm³/mol. The van der Waals surface area contributed by atoms with E-state index in [-0.39, 0.29) is 17.0 Å². The van der Waals surface area contributed by atoms with Gasteiger partial charge in [-0.2, -0.15) is 0 Å². The quantitative estimate of drug-likeness (QED) is 0.656. The van der Waals surface area contributed by atoms with Crippen molar-refractivity contribution >= 4 is 23.4 Å². The van der Waals surface area contributed by atoms with Gasteiger partial charge in [-0.15, -0.1) is 10.2 Å². The third-order valence-corrected chi connectivity index (χ3v) is 6.09. The maximum Gasteiger partial charge on any atom is 0.237 e. The number of anilines is 1. The number of carbonyl (C=O) groups excluding carboxylic acids is 1. The Morgan fingerprint density at radius 3 is 2.68 bits per heavy atom. The number of carbonyl (C=O) groups is 1. The molecule has 4 rings (SSSR count). The van der Waals surface area contributed by atoms with Crippen molar-refractivity contribution in [1.82, 2.24) is 14.8 Å². The Morgan fingerprint density at radius 2 is 1.89 bits per heavy atom. The molecule has 0 unspecified atom stereocenters. The molecule has 0 fully saturated rings. The lowest BCUT2D eigenvalue weighted by Gasteiger charge is -2.12. The molecule has 3 aromatic rings. The summed E-state index contributed by atoms with van der Waals surface area (Å²) in [4.78, 5) is 12.6. The number of benzene rings is 2. The summed E-state index contributed by atoms with van der Waals surface area (Å²) in [6.45, 7) is 1.85. The van der Waals surface area contributed by atoms with Gasteiger partial charge in [-0.1, -0.05) is 17.8 Å². The van der Waals surface area contributed by atoms with Crippen molar-refractivity contribution in [3.05, 3.63) is 59.4 Å². The minimum atomic E-state index is -0.336. The Bertz CT molecular complexity index is 1020. The summed E-state index contributed by atoms with van der Waals surface area (Å²) in [5.74, 6) is 0.264. The number of hydrogen-bond acceptors (Lipinski definition) is 4. The average molecular weight is 396 g/mol. The number of hydrogen-bond donors (Lipinski definition) is 1. The van der Waals surface area contributed by atoms with Crippen molar-refractivity contribution < 1.29 is 9.18 Å². The largest absolute Gasteiger partial charge is 0.325 e. The fraction of sp³-hybridized carbons (Fsp3) is 0.286. The lowest BCUT2D eigenvalue weighted by molar-refractivity contribution is -0.115. The molecule has 1 aliphatic rings. The van der Waals surface area contributed by atoms with Gasteiger partial charge >= 0.3 is 0 Å². The van der Waals surface area contributed by atoms with Crippen molar-refractivity contribution in [2.45, 2.75) is 36.6 Å². The van der Waals surface area contributed by atoms with Gasteiger partial charge in [0.1, 0.15) is 5.82 Å². The molecule has 1 amide bonds. The molecule has 0 bridgehead atoms. The van der Waals surface area contributed by atoms with E-state index in [1.807, 2.05) is 24.6 Å². The molecule has 0 radical (unpaired) electrons. The van der Waals surface area contributed by atoms with Gasteiger partial charge in [0.05, 0.1) is 5.25 Å². The van der Waals surface area contributed by atoms with E-state index in [0.717, 1.165) is 24.1 Å². The van der Waals surface area contributed by atoms with Crippen LogP contribution in [0.25, 0.3) is 11.4 Å². The number of thioether (sulfide) groups is 1. The molecule has 1 N–H and O–H groups in total. The molecule has 0 saturated heterocycles. The molecule has 0 spiro atoms. The van der Waals surface area contributed by atoms with E-state index in [4.69, 9.17) is 0 Å². The lowest BCUT2D eigenvalue weighted by Crippen LogP contribution is -2.23. The van der Waals surface area contributed by atoms with E-state index in [1.165, 1.54) is 41.4 Å². The van der Waals surface area contributed by atoms with E-state index in [2.05, 4.69) is 27.6 Å². The third kappa shape index (κ3) is 3.80. The van der Waals surface area contributed by atoms with Gasteiger partial charge in [-0.3, -0.25) is 4.79 Å². The summed E-state index contributed by atoms with van der Waals surface area (Å²) < 4.78 is 14.9. The highest BCUT2D eigenvalue weighted by Gasteiger charge is 2.20. The first-order valence-corrected chi connectivity index (χ1v) is 10.1. The molecule has 144 valence electrons. The van der Waals surface area contributed by atoms with E-state index >= 15 is 0 Å². The number of fused-ring (bicyclic) bond motifs is 1. The van der Waals surface area contributed by atoms with Gasteiger partial charge in [-0.05, 0) is 73.7 Å². The second-order valence-electron chi connectivity index (χ2n) is 6.96. The zero-order valence-electron chi connectivity index (χ0n) is 15.8. The van der Waals surface area contributed by atoms with Crippen molar-refractivity contribution in [3.8, 4) is 11.4 Å². The normalized spacial score (nSPS) is 14.0. The zero-order chi connectivity index (χ0) is 19.7. The average Bonchev–Trinajstić information content (AvgIpc) is 3.29. The molecular weight excluding hydrogens is 375 g/mol. The third-order valence-electron chi connectivity index (χ3n) is 4.95. The minimum Gasteiger partial charge on any atom is -0.325 e. The summed E-state index contributed by atoms with van der Waals surface area (Å²) in [6.07, 6.45) is 3.38. The second-order valence-corrected chi connectivity index (χ2v) is 8.27. The van der Waals surface area contributed by atoms with Crippen LogP contribution >= 0.6 is 11.8 Å². The number of amides is 1. The van der Waals surface area contributed by atoms with Crippen molar-refractivity contribution in [3.63, 3.8) is 0 Å². The molecule has 28 heavy (non-hydrogen) atoms. The summed E-state index contributed by atoms with van der Waals surface area (Å²) >= 11 is 1.34.